The van der Waals surface area contributed by atoms with Gasteiger partial charge in [-0.25, -0.2) is 4.39 Å². The molecule has 5 heteroatoms. The van der Waals surface area contributed by atoms with E-state index in [0.29, 0.717) is 12.1 Å². The van der Waals surface area contributed by atoms with Crippen LogP contribution in [0.5, 0.6) is 0 Å². The molecule has 3 rings (SSSR count). The Bertz CT molecular complexity index is 684. The summed E-state index contributed by atoms with van der Waals surface area (Å²) in [6, 6.07) is 12.2. The summed E-state index contributed by atoms with van der Waals surface area (Å²) in [5, 5.41) is 3.39. The van der Waals surface area contributed by atoms with Crippen LogP contribution in [0.2, 0.25) is 0 Å². The summed E-state index contributed by atoms with van der Waals surface area (Å²) in [5.74, 6) is -0.275. The average Bonchev–Trinajstić information content (AvgIpc) is 2.90. The van der Waals surface area contributed by atoms with Crippen LogP contribution >= 0.6 is 0 Å². The second kappa shape index (κ2) is 8.72. The number of hydrogen-bond donors (Lipinski definition) is 1. The number of amides is 1. The fourth-order valence-electron chi connectivity index (χ4n) is 3.32. The number of aromatic nitrogens is 1. The Hall–Kier alpha value is -2.27. The molecule has 1 N–H and O–H groups in total. The molecule has 0 spiro atoms. The van der Waals surface area contributed by atoms with Gasteiger partial charge in [-0.05, 0) is 62.2 Å². The van der Waals surface area contributed by atoms with Crippen molar-refractivity contribution in [2.75, 3.05) is 13.1 Å². The van der Waals surface area contributed by atoms with Crippen LogP contribution in [0.4, 0.5) is 4.39 Å². The number of carbonyl (C=O) groups excluding carboxylic acids is 1. The molecule has 1 aromatic carbocycles. The monoisotopic (exact) mass is 341 g/mol. The third-order valence-corrected chi connectivity index (χ3v) is 4.61. The van der Waals surface area contributed by atoms with Gasteiger partial charge in [0.2, 0.25) is 5.91 Å². The molecule has 1 fully saturated rings. The second-order valence-corrected chi connectivity index (χ2v) is 6.48. The van der Waals surface area contributed by atoms with Gasteiger partial charge in [0.05, 0.1) is 18.7 Å². The Kier molecular flexibility index (Phi) is 6.12. The number of rotatable bonds is 5. The minimum Gasteiger partial charge on any atom is -0.333 e. The van der Waals surface area contributed by atoms with Gasteiger partial charge in [-0.3, -0.25) is 9.78 Å². The molecule has 1 unspecified atom stereocenters. The van der Waals surface area contributed by atoms with E-state index in [2.05, 4.69) is 10.3 Å². The van der Waals surface area contributed by atoms with Crippen molar-refractivity contribution in [3.63, 3.8) is 0 Å². The van der Waals surface area contributed by atoms with Crippen molar-refractivity contribution >= 4 is 5.91 Å². The number of pyridine rings is 1. The number of carbonyl (C=O) groups is 1. The maximum atomic E-state index is 13.4. The van der Waals surface area contributed by atoms with Gasteiger partial charge in [-0.15, -0.1) is 0 Å². The molecule has 4 nitrogen and oxygen atoms in total. The normalized spacial score (nSPS) is 17.7. The van der Waals surface area contributed by atoms with Crippen LogP contribution in [0, 0.1) is 5.82 Å². The highest BCUT2D eigenvalue weighted by molar-refractivity contribution is 5.79. The van der Waals surface area contributed by atoms with Crippen molar-refractivity contribution in [1.82, 2.24) is 15.2 Å². The SMILES string of the molecule is O=C(Cc1cccc(F)c1)N(Cc1ccccn1)C1CCCNCC1. The Morgan fingerprint density at radius 1 is 1.20 bits per heavy atom. The Morgan fingerprint density at radius 2 is 2.12 bits per heavy atom. The van der Waals surface area contributed by atoms with Crippen molar-refractivity contribution in [3.05, 3.63) is 65.7 Å². The van der Waals surface area contributed by atoms with Crippen LogP contribution in [0.3, 0.4) is 0 Å². The zero-order chi connectivity index (χ0) is 17.5. The van der Waals surface area contributed by atoms with Gasteiger partial charge in [-0.2, -0.15) is 0 Å². The fraction of sp³-hybridized carbons (Fsp3) is 0.400. The molecule has 1 aromatic heterocycles. The third kappa shape index (κ3) is 5.10. The number of benzene rings is 1. The lowest BCUT2D eigenvalue weighted by Crippen LogP contribution is -2.41. The van der Waals surface area contributed by atoms with Crippen LogP contribution in [0.1, 0.15) is 30.5 Å². The van der Waals surface area contributed by atoms with Gasteiger partial charge in [0.15, 0.2) is 0 Å². The molecule has 0 aliphatic carbocycles. The van der Waals surface area contributed by atoms with Crippen molar-refractivity contribution in [2.24, 2.45) is 0 Å². The zero-order valence-electron chi connectivity index (χ0n) is 14.3. The molecule has 1 saturated heterocycles. The van der Waals surface area contributed by atoms with E-state index in [1.807, 2.05) is 23.1 Å². The molecule has 0 saturated carbocycles. The lowest BCUT2D eigenvalue weighted by Gasteiger charge is -2.31. The van der Waals surface area contributed by atoms with E-state index >= 15 is 0 Å². The zero-order valence-corrected chi connectivity index (χ0v) is 14.3. The summed E-state index contributed by atoms with van der Waals surface area (Å²) in [5.41, 5.74) is 1.59. The summed E-state index contributed by atoms with van der Waals surface area (Å²) in [6.07, 6.45) is 4.93. The van der Waals surface area contributed by atoms with E-state index in [-0.39, 0.29) is 24.2 Å². The molecule has 2 heterocycles. The Labute approximate surface area is 148 Å². The summed E-state index contributed by atoms with van der Waals surface area (Å²) in [7, 11) is 0. The molecular formula is C20H24FN3O. The largest absolute Gasteiger partial charge is 0.333 e. The molecule has 1 atom stereocenters. The van der Waals surface area contributed by atoms with Crippen LogP contribution in [-0.2, 0) is 17.8 Å². The summed E-state index contributed by atoms with van der Waals surface area (Å²) in [6.45, 7) is 2.41. The van der Waals surface area contributed by atoms with Crippen molar-refractivity contribution in [3.8, 4) is 0 Å². The van der Waals surface area contributed by atoms with Gasteiger partial charge in [0.1, 0.15) is 5.82 Å². The minimum atomic E-state index is -0.305. The van der Waals surface area contributed by atoms with Gasteiger partial charge in [0, 0.05) is 12.2 Å². The maximum Gasteiger partial charge on any atom is 0.227 e. The third-order valence-electron chi connectivity index (χ3n) is 4.61. The van der Waals surface area contributed by atoms with E-state index in [4.69, 9.17) is 0 Å². The summed E-state index contributed by atoms with van der Waals surface area (Å²) < 4.78 is 13.4. The quantitative estimate of drug-likeness (QED) is 0.909. The topological polar surface area (TPSA) is 45.2 Å². The molecule has 1 aliphatic heterocycles. The molecule has 25 heavy (non-hydrogen) atoms. The highest BCUT2D eigenvalue weighted by Gasteiger charge is 2.25. The van der Waals surface area contributed by atoms with E-state index in [1.54, 1.807) is 18.3 Å². The minimum absolute atomic E-state index is 0.0307. The second-order valence-electron chi connectivity index (χ2n) is 6.48. The predicted molar refractivity (Wildman–Crippen MR) is 95.4 cm³/mol. The van der Waals surface area contributed by atoms with Crippen LogP contribution < -0.4 is 5.32 Å². The lowest BCUT2D eigenvalue weighted by molar-refractivity contribution is -0.133. The van der Waals surface area contributed by atoms with Crippen LogP contribution in [0.15, 0.2) is 48.7 Å². The summed E-state index contributed by atoms with van der Waals surface area (Å²) >= 11 is 0. The first-order valence-electron chi connectivity index (χ1n) is 8.87. The fourth-order valence-corrected chi connectivity index (χ4v) is 3.32. The van der Waals surface area contributed by atoms with Gasteiger partial charge in [0.25, 0.3) is 0 Å². The molecule has 0 bridgehead atoms. The first-order chi connectivity index (χ1) is 12.2. The molecular weight excluding hydrogens is 317 g/mol. The number of nitrogens with zero attached hydrogens (tertiary/aromatic N) is 2. The van der Waals surface area contributed by atoms with Gasteiger partial charge >= 0.3 is 0 Å². The van der Waals surface area contributed by atoms with E-state index < -0.39 is 0 Å². The van der Waals surface area contributed by atoms with Crippen LogP contribution in [-0.4, -0.2) is 34.9 Å². The highest BCUT2D eigenvalue weighted by atomic mass is 19.1. The lowest BCUT2D eigenvalue weighted by atomic mass is 10.0. The maximum absolute atomic E-state index is 13.4. The Morgan fingerprint density at radius 3 is 2.92 bits per heavy atom. The molecule has 132 valence electrons. The highest BCUT2D eigenvalue weighted by Crippen LogP contribution is 2.18. The number of hydrogen-bond acceptors (Lipinski definition) is 3. The standard InChI is InChI=1S/C20H24FN3O/c21-17-6-3-5-16(13-17)14-20(25)24(15-18-7-1-2-11-23-18)19-8-4-10-22-12-9-19/h1-3,5-7,11,13,19,22H,4,8-10,12,14-15H2. The van der Waals surface area contributed by atoms with Crippen LogP contribution in [0.25, 0.3) is 0 Å². The summed E-state index contributed by atoms with van der Waals surface area (Å²) in [4.78, 5) is 19.3. The van der Waals surface area contributed by atoms with Gasteiger partial charge in [-0.1, -0.05) is 18.2 Å². The predicted octanol–water partition coefficient (Wildman–Crippen LogP) is 2.93. The molecule has 1 amide bonds. The Balaban J connectivity index is 1.77. The number of nitrogens with one attached hydrogen (secondary N) is 1. The van der Waals surface area contributed by atoms with Crippen molar-refractivity contribution in [1.29, 1.82) is 0 Å². The first kappa shape index (κ1) is 17.5. The molecule has 1 aliphatic rings. The van der Waals surface area contributed by atoms with E-state index in [1.165, 1.54) is 12.1 Å². The average molecular weight is 341 g/mol. The van der Waals surface area contributed by atoms with Gasteiger partial charge < -0.3 is 10.2 Å². The van der Waals surface area contributed by atoms with E-state index in [9.17, 15) is 9.18 Å². The molecule has 2 aromatic rings. The smallest absolute Gasteiger partial charge is 0.227 e. The molecule has 0 radical (unpaired) electrons. The number of halogens is 1. The van der Waals surface area contributed by atoms with Crippen molar-refractivity contribution in [2.45, 2.75) is 38.3 Å². The first-order valence-corrected chi connectivity index (χ1v) is 8.87. The van der Waals surface area contributed by atoms with E-state index in [0.717, 1.165) is 38.0 Å². The van der Waals surface area contributed by atoms with Crippen molar-refractivity contribution < 1.29 is 9.18 Å².